The highest BCUT2D eigenvalue weighted by atomic mass is 32.2. The minimum Gasteiger partial charge on any atom is -0.493 e. The van der Waals surface area contributed by atoms with E-state index in [-0.39, 0.29) is 29.0 Å². The van der Waals surface area contributed by atoms with Crippen LogP contribution < -0.4 is 9.47 Å². The molecule has 180 valence electrons. The van der Waals surface area contributed by atoms with Crippen molar-refractivity contribution in [3.63, 3.8) is 0 Å². The molecule has 1 atom stereocenters. The molecular formula is C23H35NO7S. The molecule has 1 aromatic rings. The number of carbonyl (C=O) groups is 2. The molecule has 0 saturated carbocycles. The van der Waals surface area contributed by atoms with E-state index in [1.54, 1.807) is 12.1 Å². The van der Waals surface area contributed by atoms with Crippen LogP contribution in [0.5, 0.6) is 11.5 Å². The van der Waals surface area contributed by atoms with E-state index in [0.29, 0.717) is 37.0 Å². The maximum Gasteiger partial charge on any atom is 0.338 e. The lowest BCUT2D eigenvalue weighted by molar-refractivity contribution is -0.137. The average molecular weight is 470 g/mol. The van der Waals surface area contributed by atoms with E-state index in [4.69, 9.17) is 14.2 Å². The molecule has 2 rings (SSSR count). The first-order valence-electron chi connectivity index (χ1n) is 11.0. The summed E-state index contributed by atoms with van der Waals surface area (Å²) in [4.78, 5) is 26.8. The largest absolute Gasteiger partial charge is 0.493 e. The molecule has 1 fully saturated rings. The van der Waals surface area contributed by atoms with Crippen molar-refractivity contribution in [2.75, 3.05) is 38.4 Å². The molecule has 8 nitrogen and oxygen atoms in total. The lowest BCUT2D eigenvalue weighted by Gasteiger charge is -2.29. The predicted octanol–water partition coefficient (Wildman–Crippen LogP) is 2.95. The lowest BCUT2D eigenvalue weighted by atomic mass is 10.1. The van der Waals surface area contributed by atoms with Gasteiger partial charge in [0.25, 0.3) is 5.91 Å². The van der Waals surface area contributed by atoms with Crippen LogP contribution in [0, 0.1) is 11.8 Å². The number of ether oxygens (including phenoxy) is 3. The average Bonchev–Trinajstić information content (AvgIpc) is 3.09. The Morgan fingerprint density at radius 3 is 2.41 bits per heavy atom. The van der Waals surface area contributed by atoms with Gasteiger partial charge < -0.3 is 19.1 Å². The highest BCUT2D eigenvalue weighted by Gasteiger charge is 2.35. The van der Waals surface area contributed by atoms with Gasteiger partial charge in [-0.05, 0) is 42.9 Å². The highest BCUT2D eigenvalue weighted by molar-refractivity contribution is 7.91. The van der Waals surface area contributed by atoms with Gasteiger partial charge >= 0.3 is 5.97 Å². The number of benzene rings is 1. The van der Waals surface area contributed by atoms with Crippen molar-refractivity contribution in [3.8, 4) is 11.5 Å². The maximum absolute atomic E-state index is 12.8. The van der Waals surface area contributed by atoms with Gasteiger partial charge in [0.2, 0.25) is 0 Å². The predicted molar refractivity (Wildman–Crippen MR) is 122 cm³/mol. The van der Waals surface area contributed by atoms with Gasteiger partial charge in [-0.2, -0.15) is 0 Å². The molecule has 0 N–H and O–H groups in total. The second kappa shape index (κ2) is 11.5. The minimum atomic E-state index is -3.13. The van der Waals surface area contributed by atoms with E-state index in [1.807, 2.05) is 13.8 Å². The lowest BCUT2D eigenvalue weighted by Crippen LogP contribution is -2.45. The van der Waals surface area contributed by atoms with Crippen molar-refractivity contribution >= 4 is 21.7 Å². The quantitative estimate of drug-likeness (QED) is 0.460. The van der Waals surface area contributed by atoms with E-state index >= 15 is 0 Å². The molecule has 1 heterocycles. The first-order valence-corrected chi connectivity index (χ1v) is 12.8. The Balaban J connectivity index is 2.00. The normalized spacial score (nSPS) is 17.4. The van der Waals surface area contributed by atoms with Crippen LogP contribution >= 0.6 is 0 Å². The Hall–Kier alpha value is -2.29. The molecule has 0 spiro atoms. The molecule has 1 amide bonds. The van der Waals surface area contributed by atoms with Crippen LogP contribution in [0.3, 0.4) is 0 Å². The van der Waals surface area contributed by atoms with Gasteiger partial charge in [-0.25, -0.2) is 13.2 Å². The SMILES string of the molecule is COc1cc(C(=O)OCC(=O)N(CC(C)C)C2CCS(=O)(=O)C2)ccc1OCCC(C)C. The van der Waals surface area contributed by atoms with Crippen LogP contribution in [-0.2, 0) is 19.4 Å². The van der Waals surface area contributed by atoms with Gasteiger partial charge in [0.15, 0.2) is 27.9 Å². The summed E-state index contributed by atoms with van der Waals surface area (Å²) in [7, 11) is -1.65. The summed E-state index contributed by atoms with van der Waals surface area (Å²) in [6.07, 6.45) is 1.30. The van der Waals surface area contributed by atoms with Gasteiger partial charge in [0, 0.05) is 12.6 Å². The van der Waals surface area contributed by atoms with Crippen LogP contribution in [0.4, 0.5) is 0 Å². The van der Waals surface area contributed by atoms with Crippen molar-refractivity contribution in [1.82, 2.24) is 4.90 Å². The number of sulfone groups is 1. The monoisotopic (exact) mass is 469 g/mol. The summed E-state index contributed by atoms with van der Waals surface area (Å²) < 4.78 is 40.0. The highest BCUT2D eigenvalue weighted by Crippen LogP contribution is 2.29. The van der Waals surface area contributed by atoms with Gasteiger partial charge in [-0.1, -0.05) is 27.7 Å². The Kier molecular flexibility index (Phi) is 9.36. The van der Waals surface area contributed by atoms with Crippen LogP contribution in [0.2, 0.25) is 0 Å². The van der Waals surface area contributed by atoms with E-state index in [2.05, 4.69) is 13.8 Å². The third kappa shape index (κ3) is 7.69. The van der Waals surface area contributed by atoms with Crippen molar-refractivity contribution in [1.29, 1.82) is 0 Å². The van der Waals surface area contributed by atoms with Crippen molar-refractivity contribution in [3.05, 3.63) is 23.8 Å². The number of rotatable bonds is 11. The Labute approximate surface area is 191 Å². The molecule has 1 aromatic carbocycles. The summed E-state index contributed by atoms with van der Waals surface area (Å²) in [6.45, 7) is 8.61. The summed E-state index contributed by atoms with van der Waals surface area (Å²) >= 11 is 0. The van der Waals surface area contributed by atoms with Crippen molar-refractivity contribution < 1.29 is 32.2 Å². The minimum absolute atomic E-state index is 0.0467. The van der Waals surface area contributed by atoms with Crippen LogP contribution in [0.1, 0.15) is 50.9 Å². The summed E-state index contributed by atoms with van der Waals surface area (Å²) in [5, 5.41) is 0. The number of methoxy groups -OCH3 is 1. The molecule has 1 aliphatic rings. The molecule has 0 aliphatic carbocycles. The van der Waals surface area contributed by atoms with Crippen molar-refractivity contribution in [2.45, 2.75) is 46.6 Å². The fourth-order valence-electron chi connectivity index (χ4n) is 3.48. The Bertz CT molecular complexity index is 896. The molecule has 9 heteroatoms. The fourth-order valence-corrected chi connectivity index (χ4v) is 5.21. The zero-order valence-electron chi connectivity index (χ0n) is 19.6. The number of amides is 1. The fraction of sp³-hybridized carbons (Fsp3) is 0.652. The molecule has 0 aromatic heterocycles. The number of hydrogen-bond donors (Lipinski definition) is 0. The van der Waals surface area contributed by atoms with Gasteiger partial charge in [0.1, 0.15) is 0 Å². The van der Waals surface area contributed by atoms with E-state index in [1.165, 1.54) is 18.1 Å². The van der Waals surface area contributed by atoms with E-state index in [9.17, 15) is 18.0 Å². The second-order valence-corrected chi connectivity index (χ2v) is 11.2. The Morgan fingerprint density at radius 2 is 1.84 bits per heavy atom. The molecular weight excluding hydrogens is 434 g/mol. The molecule has 0 bridgehead atoms. The topological polar surface area (TPSA) is 99.2 Å². The molecule has 0 radical (unpaired) electrons. The zero-order chi connectivity index (χ0) is 23.9. The Morgan fingerprint density at radius 1 is 1.12 bits per heavy atom. The second-order valence-electron chi connectivity index (χ2n) is 8.97. The molecule has 1 unspecified atom stereocenters. The molecule has 1 aliphatic heterocycles. The first-order chi connectivity index (χ1) is 15.0. The van der Waals surface area contributed by atoms with Gasteiger partial charge in [-0.15, -0.1) is 0 Å². The van der Waals surface area contributed by atoms with E-state index in [0.717, 1.165) is 6.42 Å². The van der Waals surface area contributed by atoms with Crippen LogP contribution in [0.25, 0.3) is 0 Å². The molecule has 32 heavy (non-hydrogen) atoms. The summed E-state index contributed by atoms with van der Waals surface area (Å²) in [6, 6.07) is 4.35. The van der Waals surface area contributed by atoms with Gasteiger partial charge in [0.05, 0.1) is 30.8 Å². The van der Waals surface area contributed by atoms with Gasteiger partial charge in [-0.3, -0.25) is 4.79 Å². The third-order valence-corrected chi connectivity index (χ3v) is 6.96. The van der Waals surface area contributed by atoms with E-state index < -0.39 is 28.3 Å². The third-order valence-electron chi connectivity index (χ3n) is 5.21. The number of hydrogen-bond acceptors (Lipinski definition) is 7. The summed E-state index contributed by atoms with van der Waals surface area (Å²) in [5.74, 6) is 0.583. The smallest absolute Gasteiger partial charge is 0.338 e. The van der Waals surface area contributed by atoms with Crippen LogP contribution in [-0.4, -0.2) is 69.6 Å². The number of nitrogens with zero attached hydrogens (tertiary/aromatic N) is 1. The number of esters is 1. The van der Waals surface area contributed by atoms with Crippen LogP contribution in [0.15, 0.2) is 18.2 Å². The number of carbonyl (C=O) groups excluding carboxylic acids is 2. The summed E-state index contributed by atoms with van der Waals surface area (Å²) in [5.41, 5.74) is 0.240. The first kappa shape index (κ1) is 26.0. The van der Waals surface area contributed by atoms with Crippen molar-refractivity contribution in [2.24, 2.45) is 11.8 Å². The molecule has 1 saturated heterocycles. The standard InChI is InChI=1S/C23H35NO7S/c1-16(2)8-10-30-20-7-6-18(12-21(20)29-5)23(26)31-14-22(25)24(13-17(3)4)19-9-11-32(27,28)15-19/h6-7,12,16-17,19H,8-11,13-15H2,1-5H3. The zero-order valence-corrected chi connectivity index (χ0v) is 20.4. The maximum atomic E-state index is 12.8.